The Kier molecular flexibility index (Phi) is 3.77. The first-order valence-electron chi connectivity index (χ1n) is 3.51. The highest BCUT2D eigenvalue weighted by Gasteiger charge is 2.58. The van der Waals surface area contributed by atoms with Gasteiger partial charge in [0.2, 0.25) is 0 Å². The first-order chi connectivity index (χ1) is 5.76. The molecule has 84 valence electrons. The summed E-state index contributed by atoms with van der Waals surface area (Å²) in [7, 11) is 0. The molecule has 0 amide bonds. The minimum atomic E-state index is -4.79. The third-order valence-electron chi connectivity index (χ3n) is 2.01. The molecule has 0 aromatic rings. The van der Waals surface area contributed by atoms with E-state index in [0.29, 0.717) is 0 Å². The molecule has 0 radical (unpaired) electrons. The van der Waals surface area contributed by atoms with Crippen LogP contribution >= 0.6 is 12.4 Å². The van der Waals surface area contributed by atoms with E-state index in [1.165, 1.54) is 0 Å². The van der Waals surface area contributed by atoms with E-state index >= 15 is 0 Å². The minimum Gasteiger partial charge on any atom is -0.480 e. The van der Waals surface area contributed by atoms with Gasteiger partial charge in [0.25, 0.3) is 0 Å². The second kappa shape index (κ2) is 3.92. The number of rotatable bonds is 1. The molecule has 1 rings (SSSR count). The van der Waals surface area contributed by atoms with Gasteiger partial charge in [-0.25, -0.2) is 0 Å². The Labute approximate surface area is 83.5 Å². The minimum absolute atomic E-state index is 0. The molecule has 8 heteroatoms. The number of carboxylic acids is 1. The summed E-state index contributed by atoms with van der Waals surface area (Å²) in [6, 6.07) is -1.33. The lowest BCUT2D eigenvalue weighted by Crippen LogP contribution is -2.46. The van der Waals surface area contributed by atoms with Crippen LogP contribution in [0.15, 0.2) is 0 Å². The van der Waals surface area contributed by atoms with Crippen LogP contribution in [0.3, 0.4) is 0 Å². The SMILES string of the molecule is Cl.O=C(O)[C@@H]1C[C@@](O)(C(F)(F)F)CN1. The Hall–Kier alpha value is -0.530. The Morgan fingerprint density at radius 2 is 2.00 bits per heavy atom. The van der Waals surface area contributed by atoms with E-state index in [-0.39, 0.29) is 12.4 Å². The van der Waals surface area contributed by atoms with Crippen LogP contribution in [0.25, 0.3) is 0 Å². The molecule has 0 unspecified atom stereocenters. The highest BCUT2D eigenvalue weighted by Crippen LogP contribution is 2.36. The fourth-order valence-corrected chi connectivity index (χ4v) is 1.16. The van der Waals surface area contributed by atoms with E-state index in [1.807, 2.05) is 0 Å². The molecule has 3 N–H and O–H groups in total. The first-order valence-corrected chi connectivity index (χ1v) is 3.51. The van der Waals surface area contributed by atoms with Crippen molar-refractivity contribution in [2.75, 3.05) is 6.54 Å². The van der Waals surface area contributed by atoms with Gasteiger partial charge >= 0.3 is 12.1 Å². The number of β-amino-alcohol motifs (C(OH)–C–C–N with tert-alkyl or cyclic N) is 1. The van der Waals surface area contributed by atoms with Crippen LogP contribution < -0.4 is 5.32 Å². The van der Waals surface area contributed by atoms with Gasteiger partial charge in [-0.1, -0.05) is 0 Å². The highest BCUT2D eigenvalue weighted by molar-refractivity contribution is 5.85. The number of alkyl halides is 3. The number of halogens is 4. The predicted molar refractivity (Wildman–Crippen MR) is 42.3 cm³/mol. The topological polar surface area (TPSA) is 69.6 Å². The maximum atomic E-state index is 12.1. The summed E-state index contributed by atoms with van der Waals surface area (Å²) in [6.07, 6.45) is -5.63. The molecule has 0 aromatic carbocycles. The molecular weight excluding hydrogens is 227 g/mol. The van der Waals surface area contributed by atoms with Crippen molar-refractivity contribution < 1.29 is 28.2 Å². The molecule has 1 aliphatic rings. The Morgan fingerprint density at radius 3 is 2.21 bits per heavy atom. The molecule has 2 atom stereocenters. The maximum Gasteiger partial charge on any atom is 0.418 e. The summed E-state index contributed by atoms with van der Waals surface area (Å²) in [4.78, 5) is 10.3. The molecule has 0 aliphatic carbocycles. The molecule has 4 nitrogen and oxygen atoms in total. The van der Waals surface area contributed by atoms with Gasteiger partial charge in [0.05, 0.1) is 0 Å². The van der Waals surface area contributed by atoms with Crippen molar-refractivity contribution >= 4 is 18.4 Å². The molecular formula is C6H9ClF3NO3. The van der Waals surface area contributed by atoms with Crippen LogP contribution in [0, 0.1) is 0 Å². The average molecular weight is 236 g/mol. The van der Waals surface area contributed by atoms with Crippen molar-refractivity contribution in [1.82, 2.24) is 5.32 Å². The molecule has 14 heavy (non-hydrogen) atoms. The van der Waals surface area contributed by atoms with E-state index in [2.05, 4.69) is 5.32 Å². The second-order valence-corrected chi connectivity index (χ2v) is 3.01. The van der Waals surface area contributed by atoms with Gasteiger partial charge in [-0.3, -0.25) is 4.79 Å². The van der Waals surface area contributed by atoms with Gasteiger partial charge in [-0.05, 0) is 0 Å². The van der Waals surface area contributed by atoms with E-state index < -0.39 is 36.8 Å². The van der Waals surface area contributed by atoms with Crippen molar-refractivity contribution in [3.05, 3.63) is 0 Å². The number of hydrogen-bond donors (Lipinski definition) is 3. The third-order valence-corrected chi connectivity index (χ3v) is 2.01. The zero-order chi connectivity index (χ0) is 10.3. The van der Waals surface area contributed by atoms with E-state index in [0.717, 1.165) is 0 Å². The standard InChI is InChI=1S/C6H8F3NO3.ClH/c7-6(8,9)5(13)1-3(4(11)12)10-2-5;/h3,10,13H,1-2H2,(H,11,12);1H/t3-,5-;/m0./s1. The van der Waals surface area contributed by atoms with Crippen LogP contribution in [0.4, 0.5) is 13.2 Å². The van der Waals surface area contributed by atoms with Crippen LogP contribution in [0.5, 0.6) is 0 Å². The van der Waals surface area contributed by atoms with Crippen molar-refractivity contribution in [1.29, 1.82) is 0 Å². The number of aliphatic carboxylic acids is 1. The van der Waals surface area contributed by atoms with Crippen LogP contribution in [0.2, 0.25) is 0 Å². The smallest absolute Gasteiger partial charge is 0.418 e. The summed E-state index contributed by atoms with van der Waals surface area (Å²) in [5, 5.41) is 19.5. The lowest BCUT2D eigenvalue weighted by molar-refractivity contribution is -0.252. The Bertz CT molecular complexity index is 235. The van der Waals surface area contributed by atoms with Crippen molar-refractivity contribution in [2.45, 2.75) is 24.2 Å². The molecule has 0 spiro atoms. The van der Waals surface area contributed by atoms with E-state index in [9.17, 15) is 18.0 Å². The largest absolute Gasteiger partial charge is 0.480 e. The zero-order valence-electron chi connectivity index (χ0n) is 6.84. The van der Waals surface area contributed by atoms with Crippen LogP contribution in [-0.4, -0.2) is 40.5 Å². The fourth-order valence-electron chi connectivity index (χ4n) is 1.16. The molecule has 1 fully saturated rings. The van der Waals surface area contributed by atoms with Gasteiger partial charge < -0.3 is 15.5 Å². The summed E-state index contributed by atoms with van der Waals surface area (Å²) in [6.45, 7) is -0.770. The van der Waals surface area contributed by atoms with Gasteiger partial charge in [0.1, 0.15) is 6.04 Å². The molecule has 0 bridgehead atoms. The van der Waals surface area contributed by atoms with Gasteiger partial charge in [-0.15, -0.1) is 12.4 Å². The molecule has 0 saturated carbocycles. The normalized spacial score (nSPS) is 32.4. The van der Waals surface area contributed by atoms with Crippen molar-refractivity contribution in [2.24, 2.45) is 0 Å². The number of hydrogen-bond acceptors (Lipinski definition) is 3. The monoisotopic (exact) mass is 235 g/mol. The highest BCUT2D eigenvalue weighted by atomic mass is 35.5. The Balaban J connectivity index is 0.00000169. The number of nitrogens with one attached hydrogen (secondary N) is 1. The number of carboxylic acid groups (broad SMARTS) is 1. The number of aliphatic hydroxyl groups is 1. The van der Waals surface area contributed by atoms with Crippen LogP contribution in [0.1, 0.15) is 6.42 Å². The number of carbonyl (C=O) groups is 1. The summed E-state index contributed by atoms with van der Waals surface area (Å²) in [5.74, 6) is -1.39. The lowest BCUT2D eigenvalue weighted by Gasteiger charge is -2.24. The van der Waals surface area contributed by atoms with E-state index in [4.69, 9.17) is 10.2 Å². The summed E-state index contributed by atoms with van der Waals surface area (Å²) < 4.78 is 36.3. The summed E-state index contributed by atoms with van der Waals surface area (Å²) in [5.41, 5.74) is -2.91. The second-order valence-electron chi connectivity index (χ2n) is 3.01. The van der Waals surface area contributed by atoms with Gasteiger partial charge in [-0.2, -0.15) is 13.2 Å². The molecule has 1 heterocycles. The van der Waals surface area contributed by atoms with Gasteiger partial charge in [0, 0.05) is 13.0 Å². The lowest BCUT2D eigenvalue weighted by atomic mass is 10.00. The van der Waals surface area contributed by atoms with Crippen LogP contribution in [-0.2, 0) is 4.79 Å². The quantitative estimate of drug-likeness (QED) is 0.605. The van der Waals surface area contributed by atoms with Crippen molar-refractivity contribution in [3.8, 4) is 0 Å². The van der Waals surface area contributed by atoms with E-state index in [1.54, 1.807) is 0 Å². The fraction of sp³-hybridized carbons (Fsp3) is 0.833. The van der Waals surface area contributed by atoms with Crippen molar-refractivity contribution in [3.63, 3.8) is 0 Å². The summed E-state index contributed by atoms with van der Waals surface area (Å²) >= 11 is 0. The zero-order valence-corrected chi connectivity index (χ0v) is 7.65. The molecule has 0 aromatic heterocycles. The Morgan fingerprint density at radius 1 is 1.50 bits per heavy atom. The molecule has 1 aliphatic heterocycles. The predicted octanol–water partition coefficient (Wildman–Crippen LogP) is 0.148. The third kappa shape index (κ3) is 2.28. The maximum absolute atomic E-state index is 12.1. The average Bonchev–Trinajstić information content (AvgIpc) is 2.31. The molecule has 1 saturated heterocycles. The van der Waals surface area contributed by atoms with Gasteiger partial charge in [0.15, 0.2) is 5.60 Å². The first kappa shape index (κ1) is 13.5.